The van der Waals surface area contributed by atoms with Gasteiger partial charge in [0.15, 0.2) is 0 Å². The number of likely N-dealkylation sites (tertiary alicyclic amines) is 1. The van der Waals surface area contributed by atoms with Crippen molar-refractivity contribution in [1.82, 2.24) is 9.88 Å². The van der Waals surface area contributed by atoms with Crippen LogP contribution in [0, 0.1) is 11.8 Å². The molecule has 2 atom stereocenters. The molecule has 0 bridgehead atoms. The number of nitrogens with one attached hydrogen (secondary N) is 1. The Morgan fingerprint density at radius 2 is 2.11 bits per heavy atom. The first-order valence-electron chi connectivity index (χ1n) is 8.93. The lowest BCUT2D eigenvalue weighted by Crippen LogP contribution is -2.47. The van der Waals surface area contributed by atoms with Crippen LogP contribution >= 0.6 is 11.8 Å². The van der Waals surface area contributed by atoms with Crippen LogP contribution in [0.25, 0.3) is 0 Å². The van der Waals surface area contributed by atoms with Crippen molar-refractivity contribution in [2.45, 2.75) is 24.1 Å². The summed E-state index contributed by atoms with van der Waals surface area (Å²) in [5.74, 6) is -0.414. The molecule has 0 radical (unpaired) electrons. The molecule has 2 aromatic rings. The number of urea groups is 1. The van der Waals surface area contributed by atoms with Crippen molar-refractivity contribution >= 4 is 29.4 Å². The van der Waals surface area contributed by atoms with Gasteiger partial charge in [-0.25, -0.2) is 9.78 Å². The van der Waals surface area contributed by atoms with Crippen molar-refractivity contribution in [3.8, 4) is 0 Å². The number of carbonyl (C=O) groups is 2. The third-order valence-corrected chi connectivity index (χ3v) is 5.51. The zero-order valence-electron chi connectivity index (χ0n) is 15.2. The molecule has 2 unspecified atom stereocenters. The van der Waals surface area contributed by atoms with Crippen molar-refractivity contribution < 1.29 is 14.7 Å². The van der Waals surface area contributed by atoms with E-state index in [9.17, 15) is 14.7 Å². The van der Waals surface area contributed by atoms with Crippen molar-refractivity contribution in [1.29, 1.82) is 0 Å². The normalized spacial score (nSPS) is 19.5. The molecule has 6 nitrogen and oxygen atoms in total. The fourth-order valence-corrected chi connectivity index (χ4v) is 4.03. The molecule has 0 aliphatic carbocycles. The van der Waals surface area contributed by atoms with Crippen LogP contribution in [-0.2, 0) is 10.5 Å². The highest BCUT2D eigenvalue weighted by Gasteiger charge is 2.31. The summed E-state index contributed by atoms with van der Waals surface area (Å²) in [6, 6.07) is 13.3. The van der Waals surface area contributed by atoms with Gasteiger partial charge >= 0.3 is 12.0 Å². The minimum atomic E-state index is -0.840. The minimum absolute atomic E-state index is 0.173. The van der Waals surface area contributed by atoms with Gasteiger partial charge in [0.25, 0.3) is 0 Å². The third-order valence-electron chi connectivity index (χ3n) is 4.50. The lowest BCUT2D eigenvalue weighted by molar-refractivity contribution is -0.143. The van der Waals surface area contributed by atoms with Crippen LogP contribution in [0.4, 0.5) is 10.5 Å². The molecule has 1 fully saturated rings. The average molecular weight is 385 g/mol. The number of piperidine rings is 1. The van der Waals surface area contributed by atoms with E-state index in [1.807, 2.05) is 49.4 Å². The van der Waals surface area contributed by atoms with E-state index in [0.717, 1.165) is 16.3 Å². The van der Waals surface area contributed by atoms with Gasteiger partial charge in [0.1, 0.15) is 0 Å². The smallest absolute Gasteiger partial charge is 0.321 e. The summed E-state index contributed by atoms with van der Waals surface area (Å²) in [7, 11) is 0. The number of nitrogens with zero attached hydrogens (tertiary/aromatic N) is 2. The Kier molecular flexibility index (Phi) is 6.34. The van der Waals surface area contributed by atoms with Crippen LogP contribution in [0.1, 0.15) is 18.9 Å². The van der Waals surface area contributed by atoms with Crippen LogP contribution in [0.3, 0.4) is 0 Å². The number of thioether (sulfide) groups is 1. The van der Waals surface area contributed by atoms with E-state index in [-0.39, 0.29) is 18.5 Å². The molecule has 1 aliphatic heterocycles. The molecule has 2 amide bonds. The number of aliphatic carboxylic acids is 1. The molecule has 27 heavy (non-hydrogen) atoms. The molecule has 1 aliphatic rings. The summed E-state index contributed by atoms with van der Waals surface area (Å²) < 4.78 is 0. The maximum absolute atomic E-state index is 12.6. The van der Waals surface area contributed by atoms with Crippen LogP contribution in [0.15, 0.2) is 53.7 Å². The molecule has 142 valence electrons. The molecule has 1 saturated heterocycles. The van der Waals surface area contributed by atoms with Crippen molar-refractivity contribution in [3.63, 3.8) is 0 Å². The van der Waals surface area contributed by atoms with E-state index in [0.29, 0.717) is 18.7 Å². The largest absolute Gasteiger partial charge is 0.481 e. The number of benzene rings is 1. The molecule has 0 spiro atoms. The van der Waals surface area contributed by atoms with Crippen molar-refractivity contribution in [2.24, 2.45) is 11.8 Å². The Bertz CT molecular complexity index is 800. The van der Waals surface area contributed by atoms with Gasteiger partial charge in [-0.2, -0.15) is 0 Å². The second-order valence-electron chi connectivity index (χ2n) is 6.87. The average Bonchev–Trinajstić information content (AvgIpc) is 2.67. The second kappa shape index (κ2) is 8.90. The minimum Gasteiger partial charge on any atom is -0.481 e. The number of amides is 2. The predicted molar refractivity (Wildman–Crippen MR) is 106 cm³/mol. The summed E-state index contributed by atoms with van der Waals surface area (Å²) in [5, 5.41) is 13.1. The van der Waals surface area contributed by atoms with Crippen LogP contribution in [0.5, 0.6) is 0 Å². The molecule has 2 N–H and O–H groups in total. The SMILES string of the molecule is CC1CC(C(=O)O)CN(C(=O)Nc2cccc(CSc3ccccn3)c2)C1. The zero-order chi connectivity index (χ0) is 19.2. The monoisotopic (exact) mass is 385 g/mol. The van der Waals surface area contributed by atoms with E-state index < -0.39 is 11.9 Å². The van der Waals surface area contributed by atoms with Gasteiger partial charge in [-0.05, 0) is 42.2 Å². The van der Waals surface area contributed by atoms with E-state index >= 15 is 0 Å². The molecular weight excluding hydrogens is 362 g/mol. The highest BCUT2D eigenvalue weighted by Crippen LogP contribution is 2.24. The molecule has 1 aromatic heterocycles. The summed E-state index contributed by atoms with van der Waals surface area (Å²) >= 11 is 1.63. The van der Waals surface area contributed by atoms with E-state index in [2.05, 4.69) is 10.3 Å². The fourth-order valence-electron chi connectivity index (χ4n) is 3.23. The summed E-state index contributed by atoms with van der Waals surface area (Å²) in [4.78, 5) is 29.8. The Labute approximate surface area is 163 Å². The number of aromatic nitrogens is 1. The van der Waals surface area contributed by atoms with E-state index in [1.165, 1.54) is 0 Å². The summed E-state index contributed by atoms with van der Waals surface area (Å²) in [5.41, 5.74) is 1.79. The summed E-state index contributed by atoms with van der Waals surface area (Å²) in [6.45, 7) is 2.80. The topological polar surface area (TPSA) is 82.5 Å². The molecular formula is C20H23N3O3S. The number of carboxylic acid groups (broad SMARTS) is 1. The highest BCUT2D eigenvalue weighted by atomic mass is 32.2. The zero-order valence-corrected chi connectivity index (χ0v) is 16.0. The van der Waals surface area contributed by atoms with Gasteiger partial charge in [0.05, 0.1) is 10.9 Å². The highest BCUT2D eigenvalue weighted by molar-refractivity contribution is 7.98. The molecule has 0 saturated carbocycles. The lowest BCUT2D eigenvalue weighted by atomic mass is 9.91. The van der Waals surface area contributed by atoms with Gasteiger partial charge in [-0.1, -0.05) is 25.1 Å². The van der Waals surface area contributed by atoms with Gasteiger partial charge in [0.2, 0.25) is 0 Å². The Morgan fingerprint density at radius 1 is 1.26 bits per heavy atom. The first-order chi connectivity index (χ1) is 13.0. The van der Waals surface area contributed by atoms with Gasteiger partial charge in [-0.15, -0.1) is 11.8 Å². The molecule has 2 heterocycles. The van der Waals surface area contributed by atoms with Crippen LogP contribution in [-0.4, -0.2) is 40.1 Å². The van der Waals surface area contributed by atoms with Gasteiger partial charge < -0.3 is 15.3 Å². The van der Waals surface area contributed by atoms with Crippen LogP contribution in [0.2, 0.25) is 0 Å². The number of anilines is 1. The third kappa shape index (κ3) is 5.47. The number of carboxylic acids is 1. The molecule has 3 rings (SSSR count). The van der Waals surface area contributed by atoms with Gasteiger partial charge in [-0.3, -0.25) is 4.79 Å². The number of pyridine rings is 1. The number of carbonyl (C=O) groups excluding carboxylic acids is 1. The maximum atomic E-state index is 12.6. The van der Waals surface area contributed by atoms with E-state index in [1.54, 1.807) is 22.9 Å². The first-order valence-corrected chi connectivity index (χ1v) is 9.91. The quantitative estimate of drug-likeness (QED) is 0.762. The number of rotatable bonds is 5. The Hall–Kier alpha value is -2.54. The Morgan fingerprint density at radius 3 is 2.85 bits per heavy atom. The number of hydrogen-bond acceptors (Lipinski definition) is 4. The van der Waals surface area contributed by atoms with Crippen LogP contribution < -0.4 is 5.32 Å². The van der Waals surface area contributed by atoms with Crippen molar-refractivity contribution in [3.05, 3.63) is 54.2 Å². The summed E-state index contributed by atoms with van der Waals surface area (Å²) in [6.07, 6.45) is 2.38. The number of hydrogen-bond donors (Lipinski definition) is 2. The maximum Gasteiger partial charge on any atom is 0.321 e. The Balaban J connectivity index is 1.60. The first kappa shape index (κ1) is 19.2. The standard InChI is InChI=1S/C20H23N3O3S/c1-14-9-16(19(24)25)12-23(11-14)20(26)22-17-6-4-5-15(10-17)13-27-18-7-2-3-8-21-18/h2-8,10,14,16H,9,11-13H2,1H3,(H,22,26)(H,24,25). The molecule has 7 heteroatoms. The predicted octanol–water partition coefficient (Wildman–Crippen LogP) is 3.95. The van der Waals surface area contributed by atoms with Crippen molar-refractivity contribution in [2.75, 3.05) is 18.4 Å². The second-order valence-corrected chi connectivity index (χ2v) is 7.86. The molecule has 1 aromatic carbocycles. The van der Waals surface area contributed by atoms with Gasteiger partial charge in [0, 0.05) is 30.7 Å². The lowest BCUT2D eigenvalue weighted by Gasteiger charge is -2.34. The fraction of sp³-hybridized carbons (Fsp3) is 0.350. The van der Waals surface area contributed by atoms with E-state index in [4.69, 9.17) is 0 Å².